The molecule has 0 radical (unpaired) electrons. The zero-order valence-corrected chi connectivity index (χ0v) is 10.7. The van der Waals surface area contributed by atoms with Crippen molar-refractivity contribution in [3.63, 3.8) is 0 Å². The number of hydrogen-bond donors (Lipinski definition) is 0. The SMILES string of the molecule is CCS(=O)(=O)N1C2CCC1CC(Br)C2. The number of nitrogens with zero attached hydrogens (tertiary/aromatic N) is 1. The van der Waals surface area contributed by atoms with Crippen molar-refractivity contribution in [2.75, 3.05) is 5.75 Å². The molecule has 2 heterocycles. The Morgan fingerprint density at radius 3 is 2.21 bits per heavy atom. The minimum Gasteiger partial charge on any atom is -0.212 e. The number of piperidine rings is 1. The van der Waals surface area contributed by atoms with E-state index in [2.05, 4.69) is 15.9 Å². The monoisotopic (exact) mass is 281 g/mol. The molecule has 2 aliphatic heterocycles. The summed E-state index contributed by atoms with van der Waals surface area (Å²) in [6, 6.07) is 0.533. The summed E-state index contributed by atoms with van der Waals surface area (Å²) in [5.74, 6) is 0.243. The van der Waals surface area contributed by atoms with E-state index in [0.29, 0.717) is 4.83 Å². The molecule has 0 aromatic rings. The molecule has 82 valence electrons. The highest BCUT2D eigenvalue weighted by atomic mass is 79.9. The Balaban J connectivity index is 2.23. The fourth-order valence-corrected chi connectivity index (χ4v) is 5.12. The smallest absolute Gasteiger partial charge is 0.212 e. The van der Waals surface area contributed by atoms with Crippen LogP contribution < -0.4 is 0 Å². The summed E-state index contributed by atoms with van der Waals surface area (Å²) < 4.78 is 25.4. The summed E-state index contributed by atoms with van der Waals surface area (Å²) in [4.78, 5) is 0.517. The van der Waals surface area contributed by atoms with Gasteiger partial charge in [0.15, 0.2) is 0 Å². The van der Waals surface area contributed by atoms with E-state index < -0.39 is 10.0 Å². The van der Waals surface area contributed by atoms with Crippen LogP contribution in [0.5, 0.6) is 0 Å². The Morgan fingerprint density at radius 1 is 1.29 bits per heavy atom. The first-order chi connectivity index (χ1) is 6.54. The van der Waals surface area contributed by atoms with Crippen molar-refractivity contribution in [1.29, 1.82) is 0 Å². The van der Waals surface area contributed by atoms with Crippen LogP contribution in [0.4, 0.5) is 0 Å². The van der Waals surface area contributed by atoms with Crippen molar-refractivity contribution in [2.45, 2.75) is 49.5 Å². The van der Waals surface area contributed by atoms with E-state index in [-0.39, 0.29) is 17.8 Å². The summed E-state index contributed by atoms with van der Waals surface area (Å²) in [5, 5.41) is 0. The zero-order chi connectivity index (χ0) is 10.3. The van der Waals surface area contributed by atoms with E-state index in [4.69, 9.17) is 0 Å². The molecule has 0 spiro atoms. The third-order valence-electron chi connectivity index (χ3n) is 3.29. The van der Waals surface area contributed by atoms with Gasteiger partial charge in [0.2, 0.25) is 10.0 Å². The predicted octanol–water partition coefficient (Wildman–Crippen LogP) is 1.73. The van der Waals surface area contributed by atoms with Crippen LogP contribution in [0, 0.1) is 0 Å². The van der Waals surface area contributed by atoms with Crippen LogP contribution in [-0.2, 0) is 10.0 Å². The normalized spacial score (nSPS) is 38.9. The maximum Gasteiger partial charge on any atom is 0.214 e. The van der Waals surface area contributed by atoms with Gasteiger partial charge in [-0.15, -0.1) is 0 Å². The molecule has 0 amide bonds. The van der Waals surface area contributed by atoms with Crippen LogP contribution in [-0.4, -0.2) is 35.4 Å². The number of rotatable bonds is 2. The molecular weight excluding hydrogens is 266 g/mol. The van der Waals surface area contributed by atoms with Crippen LogP contribution in [0.2, 0.25) is 0 Å². The number of halogens is 1. The molecule has 2 fully saturated rings. The van der Waals surface area contributed by atoms with Gasteiger partial charge in [-0.05, 0) is 32.6 Å². The van der Waals surface area contributed by atoms with Gasteiger partial charge in [-0.2, -0.15) is 4.31 Å². The quantitative estimate of drug-likeness (QED) is 0.723. The fraction of sp³-hybridized carbons (Fsp3) is 1.00. The minimum atomic E-state index is -2.97. The molecule has 5 heteroatoms. The molecule has 0 aromatic heterocycles. The lowest BCUT2D eigenvalue weighted by atomic mass is 10.1. The average Bonchev–Trinajstić information content (AvgIpc) is 2.40. The first-order valence-electron chi connectivity index (χ1n) is 5.20. The average molecular weight is 282 g/mol. The highest BCUT2D eigenvalue weighted by molar-refractivity contribution is 9.09. The molecule has 2 unspecified atom stereocenters. The van der Waals surface area contributed by atoms with E-state index in [1.165, 1.54) is 0 Å². The molecule has 2 aliphatic rings. The van der Waals surface area contributed by atoms with Gasteiger partial charge >= 0.3 is 0 Å². The third kappa shape index (κ3) is 1.74. The molecule has 0 N–H and O–H groups in total. The topological polar surface area (TPSA) is 37.4 Å². The van der Waals surface area contributed by atoms with E-state index in [1.807, 2.05) is 0 Å². The Hall–Kier alpha value is 0.390. The molecule has 0 saturated carbocycles. The van der Waals surface area contributed by atoms with Crippen LogP contribution in [0.3, 0.4) is 0 Å². The van der Waals surface area contributed by atoms with Gasteiger partial charge in [-0.1, -0.05) is 15.9 Å². The number of alkyl halides is 1. The lowest BCUT2D eigenvalue weighted by molar-refractivity contribution is 0.255. The van der Waals surface area contributed by atoms with Crippen LogP contribution in [0.25, 0.3) is 0 Å². The molecule has 2 saturated heterocycles. The molecule has 2 atom stereocenters. The Labute approximate surface area is 94.0 Å². The van der Waals surface area contributed by atoms with Gasteiger partial charge < -0.3 is 0 Å². The molecular formula is C9H16BrNO2S. The fourth-order valence-electron chi connectivity index (χ4n) is 2.67. The van der Waals surface area contributed by atoms with Gasteiger partial charge in [0, 0.05) is 16.9 Å². The molecule has 3 nitrogen and oxygen atoms in total. The van der Waals surface area contributed by atoms with Crippen LogP contribution in [0.15, 0.2) is 0 Å². The summed E-state index contributed by atoms with van der Waals surface area (Å²) in [5.41, 5.74) is 0. The molecule has 14 heavy (non-hydrogen) atoms. The summed E-state index contributed by atoms with van der Waals surface area (Å²) in [7, 11) is -2.97. The standard InChI is InChI=1S/C9H16BrNO2S/c1-2-14(12,13)11-8-3-4-9(11)6-7(10)5-8/h7-9H,2-6H2,1H3. The summed E-state index contributed by atoms with van der Waals surface area (Å²) in [6.45, 7) is 1.73. The second-order valence-electron chi connectivity index (χ2n) is 4.18. The number of sulfonamides is 1. The number of hydrogen-bond acceptors (Lipinski definition) is 2. The van der Waals surface area contributed by atoms with Crippen molar-refractivity contribution >= 4 is 26.0 Å². The first kappa shape index (κ1) is 10.9. The molecule has 0 aromatic carbocycles. The van der Waals surface area contributed by atoms with Crippen molar-refractivity contribution in [3.8, 4) is 0 Å². The third-order valence-corrected chi connectivity index (χ3v) is 6.01. The van der Waals surface area contributed by atoms with Gasteiger partial charge in [0.05, 0.1) is 5.75 Å². The highest BCUT2D eigenvalue weighted by Gasteiger charge is 2.45. The van der Waals surface area contributed by atoms with Crippen LogP contribution in [0.1, 0.15) is 32.6 Å². The molecule has 2 bridgehead atoms. The maximum atomic E-state index is 11.8. The van der Waals surface area contributed by atoms with Crippen molar-refractivity contribution < 1.29 is 8.42 Å². The maximum absolute atomic E-state index is 11.8. The second kappa shape index (κ2) is 3.76. The van der Waals surface area contributed by atoms with Crippen LogP contribution >= 0.6 is 15.9 Å². The van der Waals surface area contributed by atoms with Crippen molar-refractivity contribution in [3.05, 3.63) is 0 Å². The molecule has 0 aliphatic carbocycles. The minimum absolute atomic E-state index is 0.243. The Bertz CT molecular complexity index is 303. The Kier molecular flexibility index (Phi) is 2.92. The molecule has 2 rings (SSSR count). The van der Waals surface area contributed by atoms with Gasteiger partial charge in [0.1, 0.15) is 0 Å². The van der Waals surface area contributed by atoms with E-state index in [9.17, 15) is 8.42 Å². The van der Waals surface area contributed by atoms with Gasteiger partial charge in [-0.25, -0.2) is 8.42 Å². The van der Waals surface area contributed by atoms with Crippen molar-refractivity contribution in [2.24, 2.45) is 0 Å². The zero-order valence-electron chi connectivity index (χ0n) is 8.32. The largest absolute Gasteiger partial charge is 0.214 e. The van der Waals surface area contributed by atoms with Gasteiger partial charge in [0.25, 0.3) is 0 Å². The van der Waals surface area contributed by atoms with E-state index in [1.54, 1.807) is 11.2 Å². The highest BCUT2D eigenvalue weighted by Crippen LogP contribution is 2.40. The second-order valence-corrected chi connectivity index (χ2v) is 7.64. The van der Waals surface area contributed by atoms with Crippen molar-refractivity contribution in [1.82, 2.24) is 4.31 Å². The van der Waals surface area contributed by atoms with E-state index >= 15 is 0 Å². The number of fused-ring (bicyclic) bond motifs is 2. The predicted molar refractivity (Wildman–Crippen MR) is 60.1 cm³/mol. The van der Waals surface area contributed by atoms with E-state index in [0.717, 1.165) is 25.7 Å². The lowest BCUT2D eigenvalue weighted by Crippen LogP contribution is -2.47. The summed E-state index contributed by atoms with van der Waals surface area (Å²) in [6.07, 6.45) is 4.06. The van der Waals surface area contributed by atoms with Gasteiger partial charge in [-0.3, -0.25) is 0 Å². The summed E-state index contributed by atoms with van der Waals surface area (Å²) >= 11 is 3.60. The Morgan fingerprint density at radius 2 is 1.79 bits per heavy atom. The lowest BCUT2D eigenvalue weighted by Gasteiger charge is -2.35. The first-order valence-corrected chi connectivity index (χ1v) is 7.72.